The molecule has 0 heterocycles. The average molecular weight is 368 g/mol. The van der Waals surface area contributed by atoms with Gasteiger partial charge in [0, 0.05) is 12.1 Å². The molecule has 2 aromatic rings. The third kappa shape index (κ3) is 5.53. The Morgan fingerprint density at radius 2 is 1.72 bits per heavy atom. The molecule has 1 amide bonds. The Labute approximate surface area is 150 Å². The number of carbonyl (C=O) groups excluding carboxylic acids is 1. The summed E-state index contributed by atoms with van der Waals surface area (Å²) in [7, 11) is 0. The van der Waals surface area contributed by atoms with Gasteiger partial charge in [-0.2, -0.15) is 0 Å². The van der Waals surface area contributed by atoms with Crippen molar-refractivity contribution in [3.63, 3.8) is 0 Å². The second kappa shape index (κ2) is 9.13. The Balaban J connectivity index is 2.02. The Morgan fingerprint density at radius 3 is 2.40 bits per heavy atom. The van der Waals surface area contributed by atoms with Crippen molar-refractivity contribution in [2.24, 2.45) is 0 Å². The average Bonchev–Trinajstić information content (AvgIpc) is 2.59. The van der Waals surface area contributed by atoms with Crippen molar-refractivity contribution >= 4 is 23.2 Å². The molecule has 0 aliphatic heterocycles. The summed E-state index contributed by atoms with van der Waals surface area (Å²) < 4.78 is 29.3. The highest BCUT2D eigenvalue weighted by Gasteiger charge is 2.11. The zero-order chi connectivity index (χ0) is 18.2. The molecule has 0 unspecified atom stereocenters. The Kier molecular flexibility index (Phi) is 6.89. The number of nitrogens with one attached hydrogen (secondary N) is 1. The molecule has 2 aromatic carbocycles. The van der Waals surface area contributed by atoms with Crippen LogP contribution in [0, 0.1) is 5.82 Å². The lowest BCUT2D eigenvalue weighted by molar-refractivity contribution is -0.118. The zero-order valence-electron chi connectivity index (χ0n) is 14.0. The maximum Gasteiger partial charge on any atom is 0.262 e. The van der Waals surface area contributed by atoms with Gasteiger partial charge in [-0.05, 0) is 38.1 Å². The molecule has 0 radical (unpaired) electrons. The van der Waals surface area contributed by atoms with Crippen LogP contribution >= 0.6 is 11.6 Å². The van der Waals surface area contributed by atoms with Crippen molar-refractivity contribution in [2.75, 3.05) is 25.1 Å². The predicted octanol–water partition coefficient (Wildman–Crippen LogP) is 4.29. The third-order valence-electron chi connectivity index (χ3n) is 3.10. The topological polar surface area (TPSA) is 56.8 Å². The van der Waals surface area contributed by atoms with Crippen LogP contribution in [-0.4, -0.2) is 25.7 Å². The van der Waals surface area contributed by atoms with Crippen molar-refractivity contribution in [3.8, 4) is 17.2 Å². The fraction of sp³-hybridized carbons (Fsp3) is 0.278. The summed E-state index contributed by atoms with van der Waals surface area (Å²) in [5.41, 5.74) is 0.485. The van der Waals surface area contributed by atoms with E-state index in [2.05, 4.69) is 5.32 Å². The van der Waals surface area contributed by atoms with Crippen molar-refractivity contribution in [3.05, 3.63) is 47.2 Å². The number of anilines is 1. The maximum absolute atomic E-state index is 13.1. The summed E-state index contributed by atoms with van der Waals surface area (Å²) in [6.07, 6.45) is 0. The zero-order valence-corrected chi connectivity index (χ0v) is 14.7. The van der Waals surface area contributed by atoms with Crippen LogP contribution in [0.3, 0.4) is 0 Å². The number of halogens is 2. The molecular formula is C18H19ClFNO4. The molecule has 0 atom stereocenters. The van der Waals surface area contributed by atoms with Crippen LogP contribution in [0.15, 0.2) is 36.4 Å². The molecule has 1 N–H and O–H groups in total. The number of rotatable bonds is 8. The molecule has 25 heavy (non-hydrogen) atoms. The minimum absolute atomic E-state index is 0.0686. The van der Waals surface area contributed by atoms with E-state index in [1.807, 2.05) is 13.8 Å². The van der Waals surface area contributed by atoms with Crippen molar-refractivity contribution < 1.29 is 23.4 Å². The van der Waals surface area contributed by atoms with Gasteiger partial charge in [0.2, 0.25) is 0 Å². The van der Waals surface area contributed by atoms with Gasteiger partial charge in [-0.15, -0.1) is 0 Å². The molecule has 0 saturated heterocycles. The quantitative estimate of drug-likeness (QED) is 0.756. The van der Waals surface area contributed by atoms with Crippen LogP contribution in [0.1, 0.15) is 13.8 Å². The highest BCUT2D eigenvalue weighted by Crippen LogP contribution is 2.29. The molecule has 0 aliphatic rings. The van der Waals surface area contributed by atoms with Crippen LogP contribution in [0.2, 0.25) is 5.02 Å². The molecular weight excluding hydrogens is 349 g/mol. The van der Waals surface area contributed by atoms with Crippen LogP contribution in [0.4, 0.5) is 10.1 Å². The molecule has 0 fully saturated rings. The summed E-state index contributed by atoms with van der Waals surface area (Å²) in [6.45, 7) is 4.43. The van der Waals surface area contributed by atoms with Gasteiger partial charge in [-0.1, -0.05) is 11.6 Å². The van der Waals surface area contributed by atoms with Gasteiger partial charge < -0.3 is 19.5 Å². The second-order valence-corrected chi connectivity index (χ2v) is 5.34. The van der Waals surface area contributed by atoms with E-state index in [-0.39, 0.29) is 11.6 Å². The largest absolute Gasteiger partial charge is 0.494 e. The SMILES string of the molecule is CCOc1ccc(OCC)c(NC(=O)COc2ccc(F)c(Cl)c2)c1. The standard InChI is InChI=1S/C18H19ClFNO4/c1-3-23-13-6-8-17(24-4-2)16(10-13)21-18(22)11-25-12-5-7-15(20)14(19)9-12/h5-10H,3-4,11H2,1-2H3,(H,21,22). The lowest BCUT2D eigenvalue weighted by atomic mass is 10.2. The van der Waals surface area contributed by atoms with E-state index in [9.17, 15) is 9.18 Å². The lowest BCUT2D eigenvalue weighted by Crippen LogP contribution is -2.20. The first-order valence-corrected chi connectivity index (χ1v) is 8.18. The third-order valence-corrected chi connectivity index (χ3v) is 3.39. The summed E-state index contributed by atoms with van der Waals surface area (Å²) in [4.78, 5) is 12.1. The Bertz CT molecular complexity index is 739. The fourth-order valence-corrected chi connectivity index (χ4v) is 2.22. The lowest BCUT2D eigenvalue weighted by Gasteiger charge is -2.14. The molecule has 0 aliphatic carbocycles. The molecule has 0 saturated carbocycles. The smallest absolute Gasteiger partial charge is 0.262 e. The summed E-state index contributed by atoms with van der Waals surface area (Å²) in [5, 5.41) is 2.65. The fourth-order valence-electron chi connectivity index (χ4n) is 2.05. The molecule has 0 aromatic heterocycles. The Morgan fingerprint density at radius 1 is 1.04 bits per heavy atom. The number of benzene rings is 2. The van der Waals surface area contributed by atoms with Crippen LogP contribution in [0.5, 0.6) is 17.2 Å². The van der Waals surface area contributed by atoms with Crippen molar-refractivity contribution in [2.45, 2.75) is 13.8 Å². The molecule has 7 heteroatoms. The van der Waals surface area contributed by atoms with E-state index in [1.54, 1.807) is 18.2 Å². The summed E-state index contributed by atoms with van der Waals surface area (Å²) in [6, 6.07) is 9.06. The molecule has 134 valence electrons. The second-order valence-electron chi connectivity index (χ2n) is 4.94. The van der Waals surface area contributed by atoms with Gasteiger partial charge in [0.05, 0.1) is 23.9 Å². The highest BCUT2D eigenvalue weighted by molar-refractivity contribution is 6.30. The number of ether oxygens (including phenoxy) is 3. The monoisotopic (exact) mass is 367 g/mol. The maximum atomic E-state index is 13.1. The summed E-state index contributed by atoms with van der Waals surface area (Å²) >= 11 is 5.68. The molecule has 0 bridgehead atoms. The normalized spacial score (nSPS) is 10.2. The van der Waals surface area contributed by atoms with E-state index < -0.39 is 11.7 Å². The van der Waals surface area contributed by atoms with Crippen molar-refractivity contribution in [1.29, 1.82) is 0 Å². The summed E-state index contributed by atoms with van der Waals surface area (Å²) in [5.74, 6) is 0.508. The molecule has 5 nitrogen and oxygen atoms in total. The van der Waals surface area contributed by atoms with Crippen molar-refractivity contribution in [1.82, 2.24) is 0 Å². The van der Waals surface area contributed by atoms with Gasteiger partial charge in [0.25, 0.3) is 5.91 Å². The first-order chi connectivity index (χ1) is 12.0. The minimum atomic E-state index is -0.549. The minimum Gasteiger partial charge on any atom is -0.494 e. The first kappa shape index (κ1) is 18.9. The predicted molar refractivity (Wildman–Crippen MR) is 94.3 cm³/mol. The van der Waals surface area contributed by atoms with Gasteiger partial charge >= 0.3 is 0 Å². The van der Waals surface area contributed by atoms with E-state index >= 15 is 0 Å². The number of hydrogen-bond acceptors (Lipinski definition) is 4. The highest BCUT2D eigenvalue weighted by atomic mass is 35.5. The van der Waals surface area contributed by atoms with Gasteiger partial charge in [-0.25, -0.2) is 4.39 Å². The van der Waals surface area contributed by atoms with E-state index in [4.69, 9.17) is 25.8 Å². The first-order valence-electron chi connectivity index (χ1n) is 7.80. The van der Waals surface area contributed by atoms with Gasteiger partial charge in [0.1, 0.15) is 23.1 Å². The number of amides is 1. The van der Waals surface area contributed by atoms with E-state index in [0.29, 0.717) is 36.1 Å². The van der Waals surface area contributed by atoms with Gasteiger partial charge in [0.15, 0.2) is 6.61 Å². The van der Waals surface area contributed by atoms with E-state index in [1.165, 1.54) is 18.2 Å². The molecule has 2 rings (SSSR count). The van der Waals surface area contributed by atoms with Crippen LogP contribution in [0.25, 0.3) is 0 Å². The molecule has 0 spiro atoms. The van der Waals surface area contributed by atoms with E-state index in [0.717, 1.165) is 0 Å². The van der Waals surface area contributed by atoms with Gasteiger partial charge in [-0.3, -0.25) is 4.79 Å². The van der Waals surface area contributed by atoms with Crippen LogP contribution < -0.4 is 19.5 Å². The Hall–Kier alpha value is -2.47. The number of carbonyl (C=O) groups is 1. The number of hydrogen-bond donors (Lipinski definition) is 1. The van der Waals surface area contributed by atoms with Crippen LogP contribution in [-0.2, 0) is 4.79 Å².